The highest BCUT2D eigenvalue weighted by molar-refractivity contribution is 6.06. The van der Waals surface area contributed by atoms with Crippen molar-refractivity contribution >= 4 is 17.6 Å². The monoisotopic (exact) mass is 264 g/mol. The molecule has 19 heavy (non-hydrogen) atoms. The Kier molecular flexibility index (Phi) is 3.12. The van der Waals surface area contributed by atoms with E-state index in [1.54, 1.807) is 4.90 Å². The molecular formula is C13H20N4O2. The summed E-state index contributed by atoms with van der Waals surface area (Å²) in [5.74, 6) is -0.222. The SMILES string of the molecule is Cc1nn(C(C)(C)C)c(C)c1N1CCC(=O)NC1=O. The van der Waals surface area contributed by atoms with Gasteiger partial charge in [-0.3, -0.25) is 19.7 Å². The average molecular weight is 264 g/mol. The Morgan fingerprint density at radius 2 is 1.84 bits per heavy atom. The van der Waals surface area contributed by atoms with Gasteiger partial charge in [0.2, 0.25) is 5.91 Å². The normalized spacial score (nSPS) is 16.8. The summed E-state index contributed by atoms with van der Waals surface area (Å²) >= 11 is 0. The fourth-order valence-electron chi connectivity index (χ4n) is 2.46. The van der Waals surface area contributed by atoms with Gasteiger partial charge in [0.05, 0.1) is 22.6 Å². The van der Waals surface area contributed by atoms with Crippen molar-refractivity contribution in [1.82, 2.24) is 15.1 Å². The maximum absolute atomic E-state index is 11.9. The zero-order chi connectivity index (χ0) is 14.4. The van der Waals surface area contributed by atoms with Crippen LogP contribution in [0.1, 0.15) is 38.6 Å². The highest BCUT2D eigenvalue weighted by Gasteiger charge is 2.30. The van der Waals surface area contributed by atoms with Crippen LogP contribution in [0.15, 0.2) is 0 Å². The molecule has 0 bridgehead atoms. The van der Waals surface area contributed by atoms with Crippen LogP contribution in [0.25, 0.3) is 0 Å². The molecule has 1 fully saturated rings. The quantitative estimate of drug-likeness (QED) is 0.839. The number of amides is 3. The Balaban J connectivity index is 2.43. The molecule has 0 atom stereocenters. The minimum Gasteiger partial charge on any atom is -0.290 e. The van der Waals surface area contributed by atoms with Crippen LogP contribution in [0.5, 0.6) is 0 Å². The summed E-state index contributed by atoms with van der Waals surface area (Å²) in [5, 5.41) is 6.86. The Morgan fingerprint density at radius 1 is 1.21 bits per heavy atom. The highest BCUT2D eigenvalue weighted by atomic mass is 16.2. The molecule has 1 N–H and O–H groups in total. The second kappa shape index (κ2) is 4.36. The lowest BCUT2D eigenvalue weighted by Gasteiger charge is -2.27. The van der Waals surface area contributed by atoms with E-state index in [0.717, 1.165) is 17.1 Å². The van der Waals surface area contributed by atoms with E-state index in [1.165, 1.54) is 0 Å². The van der Waals surface area contributed by atoms with E-state index in [4.69, 9.17) is 0 Å². The van der Waals surface area contributed by atoms with E-state index >= 15 is 0 Å². The summed E-state index contributed by atoms with van der Waals surface area (Å²) in [6.45, 7) is 10.4. The van der Waals surface area contributed by atoms with Gasteiger partial charge in [0.25, 0.3) is 0 Å². The minimum atomic E-state index is -0.365. The molecular weight excluding hydrogens is 244 g/mol. The molecule has 1 saturated heterocycles. The van der Waals surface area contributed by atoms with Gasteiger partial charge in [0.1, 0.15) is 0 Å². The number of hydrogen-bond acceptors (Lipinski definition) is 3. The van der Waals surface area contributed by atoms with Gasteiger partial charge >= 0.3 is 6.03 Å². The second-order valence-electron chi connectivity index (χ2n) is 5.86. The molecule has 0 aliphatic carbocycles. The third-order valence-corrected chi connectivity index (χ3v) is 3.21. The van der Waals surface area contributed by atoms with Crippen molar-refractivity contribution in [2.24, 2.45) is 0 Å². The van der Waals surface area contributed by atoms with E-state index in [9.17, 15) is 9.59 Å². The maximum Gasteiger partial charge on any atom is 0.328 e. The van der Waals surface area contributed by atoms with Crippen molar-refractivity contribution in [1.29, 1.82) is 0 Å². The number of urea groups is 1. The van der Waals surface area contributed by atoms with Gasteiger partial charge in [0.15, 0.2) is 0 Å². The first-order valence-electron chi connectivity index (χ1n) is 6.40. The van der Waals surface area contributed by atoms with Crippen molar-refractivity contribution < 1.29 is 9.59 Å². The first-order chi connectivity index (χ1) is 8.71. The van der Waals surface area contributed by atoms with E-state index in [1.807, 2.05) is 18.5 Å². The van der Waals surface area contributed by atoms with Crippen molar-refractivity contribution in [3.63, 3.8) is 0 Å². The van der Waals surface area contributed by atoms with Crippen molar-refractivity contribution in [2.45, 2.75) is 46.6 Å². The molecule has 0 aromatic carbocycles. The number of rotatable bonds is 1. The molecule has 3 amide bonds. The molecule has 0 unspecified atom stereocenters. The molecule has 0 radical (unpaired) electrons. The van der Waals surface area contributed by atoms with Crippen LogP contribution in [-0.4, -0.2) is 28.3 Å². The molecule has 0 spiro atoms. The van der Waals surface area contributed by atoms with Crippen LogP contribution in [-0.2, 0) is 10.3 Å². The number of hydrogen-bond donors (Lipinski definition) is 1. The van der Waals surface area contributed by atoms with Crippen molar-refractivity contribution in [3.8, 4) is 0 Å². The molecule has 1 aromatic rings. The van der Waals surface area contributed by atoms with Crippen LogP contribution in [0, 0.1) is 13.8 Å². The van der Waals surface area contributed by atoms with Crippen LogP contribution in [0.4, 0.5) is 10.5 Å². The smallest absolute Gasteiger partial charge is 0.290 e. The third-order valence-electron chi connectivity index (χ3n) is 3.21. The predicted molar refractivity (Wildman–Crippen MR) is 72.2 cm³/mol. The third kappa shape index (κ3) is 2.34. The number of imide groups is 1. The van der Waals surface area contributed by atoms with Crippen LogP contribution in [0.3, 0.4) is 0 Å². The standard InChI is InChI=1S/C13H20N4O2/c1-8-11(9(2)17(15-8)13(3,4)5)16-7-6-10(18)14-12(16)19/h6-7H2,1-5H3,(H,14,18,19). The summed E-state index contributed by atoms with van der Waals surface area (Å²) in [6.07, 6.45) is 0.325. The molecule has 104 valence electrons. The molecule has 1 aromatic heterocycles. The first kappa shape index (κ1) is 13.6. The summed E-state index contributed by atoms with van der Waals surface area (Å²) in [7, 11) is 0. The number of carbonyl (C=O) groups excluding carboxylic acids is 2. The molecule has 6 nitrogen and oxygen atoms in total. The van der Waals surface area contributed by atoms with Crippen LogP contribution in [0.2, 0.25) is 0 Å². The zero-order valence-corrected chi connectivity index (χ0v) is 12.1. The number of carbonyl (C=O) groups is 2. The lowest BCUT2D eigenvalue weighted by Crippen LogP contribution is -2.50. The van der Waals surface area contributed by atoms with Gasteiger partial charge in [-0.05, 0) is 34.6 Å². The van der Waals surface area contributed by atoms with Gasteiger partial charge in [0, 0.05) is 13.0 Å². The average Bonchev–Trinajstić information content (AvgIpc) is 2.55. The summed E-state index contributed by atoms with van der Waals surface area (Å²) < 4.78 is 1.92. The lowest BCUT2D eigenvalue weighted by molar-refractivity contribution is -0.120. The molecule has 2 heterocycles. The number of aryl methyl sites for hydroxylation is 1. The fourth-order valence-corrected chi connectivity index (χ4v) is 2.46. The van der Waals surface area contributed by atoms with Gasteiger partial charge in [-0.2, -0.15) is 5.10 Å². The largest absolute Gasteiger partial charge is 0.328 e. The lowest BCUT2D eigenvalue weighted by atomic mass is 10.1. The molecule has 6 heteroatoms. The van der Waals surface area contributed by atoms with E-state index in [2.05, 4.69) is 31.2 Å². The fraction of sp³-hybridized carbons (Fsp3) is 0.615. The molecule has 1 aliphatic heterocycles. The van der Waals surface area contributed by atoms with E-state index in [0.29, 0.717) is 13.0 Å². The molecule has 0 saturated carbocycles. The summed E-state index contributed by atoms with van der Waals surface area (Å²) in [5.41, 5.74) is 2.40. The van der Waals surface area contributed by atoms with Gasteiger partial charge < -0.3 is 0 Å². The van der Waals surface area contributed by atoms with Crippen LogP contribution < -0.4 is 10.2 Å². The Morgan fingerprint density at radius 3 is 2.32 bits per heavy atom. The number of nitrogens with one attached hydrogen (secondary N) is 1. The second-order valence-corrected chi connectivity index (χ2v) is 5.86. The first-order valence-corrected chi connectivity index (χ1v) is 6.40. The summed E-state index contributed by atoms with van der Waals surface area (Å²) in [6, 6.07) is -0.365. The Bertz CT molecular complexity index is 540. The molecule has 1 aliphatic rings. The van der Waals surface area contributed by atoms with Gasteiger partial charge in [-0.1, -0.05) is 0 Å². The van der Waals surface area contributed by atoms with Gasteiger partial charge in [-0.15, -0.1) is 0 Å². The van der Waals surface area contributed by atoms with Crippen molar-refractivity contribution in [3.05, 3.63) is 11.4 Å². The van der Waals surface area contributed by atoms with Gasteiger partial charge in [-0.25, -0.2) is 4.79 Å². The maximum atomic E-state index is 11.9. The van der Waals surface area contributed by atoms with E-state index in [-0.39, 0.29) is 17.5 Å². The zero-order valence-electron chi connectivity index (χ0n) is 12.1. The number of nitrogens with zero attached hydrogens (tertiary/aromatic N) is 3. The Hall–Kier alpha value is -1.85. The number of aromatic nitrogens is 2. The molecule has 2 rings (SSSR count). The number of anilines is 1. The topological polar surface area (TPSA) is 67.2 Å². The van der Waals surface area contributed by atoms with E-state index < -0.39 is 0 Å². The Labute approximate surface area is 112 Å². The highest BCUT2D eigenvalue weighted by Crippen LogP contribution is 2.29. The predicted octanol–water partition coefficient (Wildman–Crippen LogP) is 1.70. The van der Waals surface area contributed by atoms with Crippen LogP contribution >= 0.6 is 0 Å². The minimum absolute atomic E-state index is 0.144. The summed E-state index contributed by atoms with van der Waals surface area (Å²) in [4.78, 5) is 24.7. The van der Waals surface area contributed by atoms with Crippen molar-refractivity contribution in [2.75, 3.05) is 11.4 Å².